The van der Waals surface area contributed by atoms with Crippen molar-refractivity contribution in [2.24, 2.45) is 0 Å². The second kappa shape index (κ2) is 14.4. The summed E-state index contributed by atoms with van der Waals surface area (Å²) in [6.07, 6.45) is 17.2. The molecule has 0 rings (SSSR count). The zero-order chi connectivity index (χ0) is 11.9. The zero-order valence-electron chi connectivity index (χ0n) is 10.9. The Morgan fingerprint density at radius 3 is 1.81 bits per heavy atom. The highest BCUT2D eigenvalue weighted by atomic mass is 16.5. The van der Waals surface area contributed by atoms with Crippen LogP contribution >= 0.6 is 0 Å². The molecule has 1 radical (unpaired) electrons. The van der Waals surface area contributed by atoms with Crippen LogP contribution < -0.4 is 0 Å². The van der Waals surface area contributed by atoms with Crippen molar-refractivity contribution in [3.8, 4) is 12.0 Å². The van der Waals surface area contributed by atoms with Crippen molar-refractivity contribution < 1.29 is 4.74 Å². The molecule has 0 spiro atoms. The topological polar surface area (TPSA) is 9.23 Å². The van der Waals surface area contributed by atoms with Gasteiger partial charge in [-0.1, -0.05) is 70.6 Å². The van der Waals surface area contributed by atoms with E-state index >= 15 is 0 Å². The van der Waals surface area contributed by atoms with E-state index < -0.39 is 0 Å². The lowest BCUT2D eigenvalue weighted by atomic mass is 10.1. The van der Waals surface area contributed by atoms with Crippen LogP contribution in [-0.4, -0.2) is 0 Å². The van der Waals surface area contributed by atoms with Gasteiger partial charge in [-0.15, -0.1) is 0 Å². The Bertz CT molecular complexity index is 176. The Morgan fingerprint density at radius 2 is 1.31 bits per heavy atom. The van der Waals surface area contributed by atoms with Crippen molar-refractivity contribution in [2.75, 3.05) is 0 Å². The van der Waals surface area contributed by atoms with E-state index in [1.54, 1.807) is 0 Å². The molecule has 0 fully saturated rings. The predicted molar refractivity (Wildman–Crippen MR) is 70.7 cm³/mol. The standard InChI is InChI=1S/C15H27O/c1-3-4-5-6-7-8-9-10-11-12-13-14-15-16-2/h2-13H2,1H3. The van der Waals surface area contributed by atoms with E-state index in [2.05, 4.69) is 30.8 Å². The Labute approximate surface area is 102 Å². The molecule has 0 atom stereocenters. The molecule has 1 heteroatoms. The summed E-state index contributed by atoms with van der Waals surface area (Å²) < 4.78 is 4.42. The third-order valence-electron chi connectivity index (χ3n) is 2.80. The molecule has 0 heterocycles. The van der Waals surface area contributed by atoms with E-state index in [1.807, 2.05) is 0 Å². The highest BCUT2D eigenvalue weighted by Gasteiger charge is 1.91. The lowest BCUT2D eigenvalue weighted by Gasteiger charge is -2.00. The number of unbranched alkanes of at least 4 members (excludes halogenated alkanes) is 10. The maximum absolute atomic E-state index is 4.42. The average Bonchev–Trinajstić information content (AvgIpc) is 2.31. The fourth-order valence-electron chi connectivity index (χ4n) is 1.80. The summed E-state index contributed by atoms with van der Waals surface area (Å²) in [4.78, 5) is 0. The van der Waals surface area contributed by atoms with Gasteiger partial charge in [-0.2, -0.15) is 0 Å². The molecular weight excluding hydrogens is 196 g/mol. The van der Waals surface area contributed by atoms with Crippen molar-refractivity contribution in [3.05, 3.63) is 7.11 Å². The van der Waals surface area contributed by atoms with Gasteiger partial charge < -0.3 is 4.74 Å². The largest absolute Gasteiger partial charge is 0.443 e. The van der Waals surface area contributed by atoms with Crippen LogP contribution in [0.15, 0.2) is 0 Å². The van der Waals surface area contributed by atoms with Gasteiger partial charge in [0, 0.05) is 6.42 Å². The van der Waals surface area contributed by atoms with Crippen molar-refractivity contribution in [1.29, 1.82) is 0 Å². The highest BCUT2D eigenvalue weighted by molar-refractivity contribution is 4.90. The van der Waals surface area contributed by atoms with E-state index in [0.717, 1.165) is 6.42 Å². The van der Waals surface area contributed by atoms with E-state index in [1.165, 1.54) is 64.2 Å². The molecule has 0 aliphatic carbocycles. The molecule has 0 saturated heterocycles. The van der Waals surface area contributed by atoms with Crippen molar-refractivity contribution in [3.63, 3.8) is 0 Å². The van der Waals surface area contributed by atoms with Crippen LogP contribution in [0.3, 0.4) is 0 Å². The molecule has 0 aliphatic rings. The smallest absolute Gasteiger partial charge is 0.135 e. The van der Waals surface area contributed by atoms with E-state index in [-0.39, 0.29) is 0 Å². The first kappa shape index (κ1) is 15.4. The third-order valence-corrected chi connectivity index (χ3v) is 2.80. The van der Waals surface area contributed by atoms with Crippen LogP contribution in [0, 0.1) is 19.1 Å². The first-order valence-electron chi connectivity index (χ1n) is 6.80. The second-order valence-corrected chi connectivity index (χ2v) is 4.36. The molecule has 0 saturated carbocycles. The quantitative estimate of drug-likeness (QED) is 0.371. The third kappa shape index (κ3) is 13.4. The van der Waals surface area contributed by atoms with Gasteiger partial charge in [-0.25, -0.2) is 0 Å². The van der Waals surface area contributed by atoms with Crippen molar-refractivity contribution in [2.45, 2.75) is 77.6 Å². The van der Waals surface area contributed by atoms with E-state index in [9.17, 15) is 0 Å². The number of rotatable bonds is 10. The summed E-state index contributed by atoms with van der Waals surface area (Å²) in [5.41, 5.74) is 0. The molecule has 0 aromatic rings. The Morgan fingerprint density at radius 1 is 0.812 bits per heavy atom. The minimum atomic E-state index is 0.950. The Balaban J connectivity index is 2.93. The molecule has 0 N–H and O–H groups in total. The summed E-state index contributed by atoms with van der Waals surface area (Å²) in [5.74, 6) is 2.93. The molecule has 0 amide bonds. The first-order chi connectivity index (χ1) is 7.91. The van der Waals surface area contributed by atoms with Crippen molar-refractivity contribution >= 4 is 0 Å². The van der Waals surface area contributed by atoms with Gasteiger partial charge in [0.1, 0.15) is 13.2 Å². The summed E-state index contributed by atoms with van der Waals surface area (Å²) >= 11 is 0. The van der Waals surface area contributed by atoms with Crippen LogP contribution in [0.1, 0.15) is 77.6 Å². The van der Waals surface area contributed by atoms with Crippen LogP contribution in [-0.2, 0) is 4.74 Å². The molecule has 16 heavy (non-hydrogen) atoms. The van der Waals surface area contributed by atoms with Crippen molar-refractivity contribution in [1.82, 2.24) is 0 Å². The first-order valence-corrected chi connectivity index (χ1v) is 6.80. The monoisotopic (exact) mass is 223 g/mol. The molecule has 0 bridgehead atoms. The molecule has 93 valence electrons. The van der Waals surface area contributed by atoms with Crippen LogP contribution in [0.25, 0.3) is 0 Å². The fourth-order valence-corrected chi connectivity index (χ4v) is 1.80. The van der Waals surface area contributed by atoms with Gasteiger partial charge in [0.2, 0.25) is 0 Å². The van der Waals surface area contributed by atoms with Gasteiger partial charge in [-0.3, -0.25) is 0 Å². The second-order valence-electron chi connectivity index (χ2n) is 4.36. The Hall–Kier alpha value is -0.640. The fraction of sp³-hybridized carbons (Fsp3) is 0.800. The molecule has 0 aromatic carbocycles. The molecule has 0 aromatic heterocycles. The molecule has 1 nitrogen and oxygen atoms in total. The van der Waals surface area contributed by atoms with Gasteiger partial charge in [-0.05, 0) is 6.42 Å². The number of ether oxygens (including phenoxy) is 1. The Kier molecular flexibility index (Phi) is 13.8. The zero-order valence-corrected chi connectivity index (χ0v) is 10.9. The van der Waals surface area contributed by atoms with Crippen LogP contribution in [0.5, 0.6) is 0 Å². The van der Waals surface area contributed by atoms with E-state index in [4.69, 9.17) is 0 Å². The van der Waals surface area contributed by atoms with Crippen LogP contribution in [0.4, 0.5) is 0 Å². The normalized spacial score (nSPS) is 9.62. The van der Waals surface area contributed by atoms with Gasteiger partial charge in [0.15, 0.2) is 0 Å². The summed E-state index contributed by atoms with van der Waals surface area (Å²) in [6.45, 7) is 2.27. The van der Waals surface area contributed by atoms with Gasteiger partial charge in [0.25, 0.3) is 0 Å². The summed E-state index contributed by atoms with van der Waals surface area (Å²) in [7, 11) is 3.20. The predicted octanol–water partition coefficient (Wildman–Crippen LogP) is 5.07. The van der Waals surface area contributed by atoms with Gasteiger partial charge >= 0.3 is 0 Å². The summed E-state index contributed by atoms with van der Waals surface area (Å²) in [5, 5.41) is 0. The SMILES string of the molecule is [CH2]OC#CCCCCCCCCCCCC. The number of hydrogen-bond acceptors (Lipinski definition) is 1. The maximum Gasteiger partial charge on any atom is 0.135 e. The molecule has 0 aliphatic heterocycles. The number of hydrogen-bond donors (Lipinski definition) is 0. The lowest BCUT2D eigenvalue weighted by molar-refractivity contribution is 0.430. The summed E-state index contributed by atoms with van der Waals surface area (Å²) in [6, 6.07) is 0. The highest BCUT2D eigenvalue weighted by Crippen LogP contribution is 2.10. The van der Waals surface area contributed by atoms with Gasteiger partial charge in [0.05, 0.1) is 0 Å². The minimum Gasteiger partial charge on any atom is -0.443 e. The maximum atomic E-state index is 4.42. The molecule has 0 unspecified atom stereocenters. The van der Waals surface area contributed by atoms with Crippen LogP contribution in [0.2, 0.25) is 0 Å². The lowest BCUT2D eigenvalue weighted by Crippen LogP contribution is -1.81. The average molecular weight is 223 g/mol. The van der Waals surface area contributed by atoms with E-state index in [0.29, 0.717) is 0 Å². The minimum absolute atomic E-state index is 0.950. The molecular formula is C15H27O.